The number of aromatic nitrogens is 4. The molecule has 0 bridgehead atoms. The van der Waals surface area contributed by atoms with Gasteiger partial charge >= 0.3 is 0 Å². The van der Waals surface area contributed by atoms with Gasteiger partial charge < -0.3 is 10.1 Å². The molecule has 37 heavy (non-hydrogen) atoms. The zero-order valence-electron chi connectivity index (χ0n) is 19.6. The summed E-state index contributed by atoms with van der Waals surface area (Å²) in [4.78, 5) is 14.7. The Morgan fingerprint density at radius 2 is 1.95 bits per heavy atom. The molecule has 0 atom stereocenters. The molecular formula is C25H21ClFN5O3S2. The Labute approximate surface area is 221 Å². The van der Waals surface area contributed by atoms with E-state index >= 15 is 0 Å². The number of rotatable bonds is 9. The molecule has 0 saturated carbocycles. The van der Waals surface area contributed by atoms with Crippen molar-refractivity contribution >= 4 is 43.7 Å². The smallest absolute Gasteiger partial charge is 0.223 e. The van der Waals surface area contributed by atoms with Crippen LogP contribution >= 0.6 is 22.9 Å². The van der Waals surface area contributed by atoms with E-state index in [2.05, 4.69) is 15.3 Å². The summed E-state index contributed by atoms with van der Waals surface area (Å²) in [7, 11) is -2.01. The molecule has 0 aliphatic rings. The van der Waals surface area contributed by atoms with Crippen molar-refractivity contribution in [1.82, 2.24) is 19.4 Å². The van der Waals surface area contributed by atoms with Crippen molar-refractivity contribution < 1.29 is 17.5 Å². The third-order valence-corrected chi connectivity index (χ3v) is 8.46. The molecule has 0 fully saturated rings. The van der Waals surface area contributed by atoms with Gasteiger partial charge in [-0.05, 0) is 55.0 Å². The van der Waals surface area contributed by atoms with E-state index in [4.69, 9.17) is 21.3 Å². The van der Waals surface area contributed by atoms with E-state index in [1.165, 1.54) is 36.6 Å². The predicted octanol–water partition coefficient (Wildman–Crippen LogP) is 5.60. The quantitative estimate of drug-likeness (QED) is 0.236. The number of methoxy groups -OCH3 is 1. The van der Waals surface area contributed by atoms with Gasteiger partial charge in [-0.15, -0.1) is 11.3 Å². The van der Waals surface area contributed by atoms with Crippen LogP contribution in [0, 0.1) is 5.82 Å². The predicted molar refractivity (Wildman–Crippen MR) is 143 cm³/mol. The third-order valence-electron chi connectivity index (χ3n) is 5.63. The van der Waals surface area contributed by atoms with Crippen LogP contribution in [0.25, 0.3) is 27.6 Å². The summed E-state index contributed by atoms with van der Waals surface area (Å²) in [6.07, 6.45) is 3.87. The molecule has 5 rings (SSSR count). The molecule has 8 nitrogen and oxygen atoms in total. The second-order valence-electron chi connectivity index (χ2n) is 8.03. The Morgan fingerprint density at radius 1 is 1.14 bits per heavy atom. The van der Waals surface area contributed by atoms with E-state index in [0.29, 0.717) is 40.9 Å². The highest BCUT2D eigenvalue weighted by molar-refractivity contribution is 7.91. The number of imidazole rings is 1. The number of fused-ring (bicyclic) bond motifs is 1. The molecule has 0 saturated heterocycles. The van der Waals surface area contributed by atoms with Gasteiger partial charge in [-0.25, -0.2) is 27.8 Å². The number of sulfone groups is 1. The number of nitrogens with one attached hydrogen (secondary N) is 1. The number of thiazole rings is 1. The topological polar surface area (TPSA) is 98.5 Å². The van der Waals surface area contributed by atoms with Gasteiger partial charge in [0.2, 0.25) is 5.95 Å². The molecule has 0 aliphatic heterocycles. The van der Waals surface area contributed by atoms with E-state index in [9.17, 15) is 12.8 Å². The first-order chi connectivity index (χ1) is 17.9. The molecule has 3 aromatic heterocycles. The SMILES string of the molecule is COc1cc(-c2nc3sccn3c2-c2ccnc(NCCCS(=O)(=O)c3ccc(Cl)cc3)n2)ccc1F. The van der Waals surface area contributed by atoms with Crippen molar-refractivity contribution in [1.29, 1.82) is 0 Å². The van der Waals surface area contributed by atoms with Gasteiger partial charge in [0.1, 0.15) is 5.69 Å². The van der Waals surface area contributed by atoms with Crippen LogP contribution in [-0.2, 0) is 9.84 Å². The molecule has 190 valence electrons. The van der Waals surface area contributed by atoms with E-state index in [-0.39, 0.29) is 16.4 Å². The first-order valence-corrected chi connectivity index (χ1v) is 14.1. The van der Waals surface area contributed by atoms with Gasteiger partial charge in [-0.1, -0.05) is 11.6 Å². The minimum Gasteiger partial charge on any atom is -0.494 e. The Kier molecular flexibility index (Phi) is 7.09. The molecular weight excluding hydrogens is 537 g/mol. The van der Waals surface area contributed by atoms with Crippen LogP contribution in [0.1, 0.15) is 6.42 Å². The molecule has 0 unspecified atom stereocenters. The van der Waals surface area contributed by atoms with Crippen molar-refractivity contribution in [2.45, 2.75) is 11.3 Å². The Bertz CT molecular complexity index is 1670. The zero-order valence-corrected chi connectivity index (χ0v) is 21.9. The summed E-state index contributed by atoms with van der Waals surface area (Å²) in [5, 5.41) is 5.51. The van der Waals surface area contributed by atoms with Crippen LogP contribution in [0.3, 0.4) is 0 Å². The summed E-state index contributed by atoms with van der Waals surface area (Å²) in [6.45, 7) is 0.360. The number of nitrogens with zero attached hydrogens (tertiary/aromatic N) is 4. The van der Waals surface area contributed by atoms with Crippen LogP contribution in [-0.4, -0.2) is 47.2 Å². The number of anilines is 1. The molecule has 0 amide bonds. The Hall–Kier alpha value is -3.54. The fourth-order valence-corrected chi connectivity index (χ4v) is 5.99. The van der Waals surface area contributed by atoms with Crippen molar-refractivity contribution in [3.8, 4) is 28.4 Å². The molecule has 3 heterocycles. The van der Waals surface area contributed by atoms with Crippen molar-refractivity contribution in [2.75, 3.05) is 24.7 Å². The van der Waals surface area contributed by atoms with Crippen LogP contribution in [0.15, 0.2) is 71.2 Å². The van der Waals surface area contributed by atoms with E-state index < -0.39 is 15.7 Å². The van der Waals surface area contributed by atoms with Crippen LogP contribution in [0.4, 0.5) is 10.3 Å². The summed E-state index contributed by atoms with van der Waals surface area (Å²) in [5.41, 5.74) is 2.64. The fraction of sp³-hybridized carbons (Fsp3) is 0.160. The normalized spacial score (nSPS) is 11.6. The average molecular weight is 558 g/mol. The lowest BCUT2D eigenvalue weighted by atomic mass is 10.1. The minimum absolute atomic E-state index is 0.0317. The number of hydrogen-bond acceptors (Lipinski definition) is 8. The van der Waals surface area contributed by atoms with Crippen LogP contribution < -0.4 is 10.1 Å². The number of hydrogen-bond donors (Lipinski definition) is 1. The molecule has 0 radical (unpaired) electrons. The zero-order chi connectivity index (χ0) is 26.0. The van der Waals surface area contributed by atoms with Gasteiger partial charge in [0.25, 0.3) is 0 Å². The summed E-state index contributed by atoms with van der Waals surface area (Å²) in [6, 6.07) is 12.5. The monoisotopic (exact) mass is 557 g/mol. The maximum absolute atomic E-state index is 14.0. The van der Waals surface area contributed by atoms with Gasteiger partial charge in [-0.2, -0.15) is 0 Å². The molecule has 5 aromatic rings. The molecule has 0 aliphatic carbocycles. The second-order valence-corrected chi connectivity index (χ2v) is 11.5. The fourth-order valence-electron chi connectivity index (χ4n) is 3.84. The maximum Gasteiger partial charge on any atom is 0.223 e. The lowest BCUT2D eigenvalue weighted by Crippen LogP contribution is -2.13. The first kappa shape index (κ1) is 25.1. The lowest BCUT2D eigenvalue weighted by molar-refractivity contribution is 0.387. The molecule has 12 heteroatoms. The standard InChI is InChI=1S/C25H21ClFN5O3S2/c1-35-21-15-16(3-8-19(21)27)22-23(32-12-13-36-25(32)31-22)20-9-11-29-24(30-20)28-10-2-14-37(33,34)18-6-4-17(26)5-7-18/h3-9,11-13,15H,2,10,14H2,1H3,(H,28,29,30). The van der Waals surface area contributed by atoms with E-state index in [0.717, 1.165) is 10.7 Å². The average Bonchev–Trinajstić information content (AvgIpc) is 3.49. The van der Waals surface area contributed by atoms with Crippen molar-refractivity contribution in [3.05, 3.63) is 77.1 Å². The van der Waals surface area contributed by atoms with Crippen molar-refractivity contribution in [2.24, 2.45) is 0 Å². The second kappa shape index (κ2) is 10.4. The molecule has 1 N–H and O–H groups in total. The highest BCUT2D eigenvalue weighted by Crippen LogP contribution is 2.35. The van der Waals surface area contributed by atoms with E-state index in [1.54, 1.807) is 36.5 Å². The van der Waals surface area contributed by atoms with Crippen molar-refractivity contribution in [3.63, 3.8) is 0 Å². The lowest BCUT2D eigenvalue weighted by Gasteiger charge is -2.09. The van der Waals surface area contributed by atoms with Crippen LogP contribution in [0.5, 0.6) is 5.75 Å². The van der Waals surface area contributed by atoms with E-state index in [1.807, 2.05) is 16.0 Å². The minimum atomic E-state index is -3.42. The van der Waals surface area contributed by atoms with Gasteiger partial charge in [0.05, 0.1) is 29.1 Å². The number of benzene rings is 2. The largest absolute Gasteiger partial charge is 0.494 e. The van der Waals surface area contributed by atoms with Crippen LogP contribution in [0.2, 0.25) is 5.02 Å². The molecule has 0 spiro atoms. The van der Waals surface area contributed by atoms with Gasteiger partial charge in [0.15, 0.2) is 26.4 Å². The number of halogens is 2. The Morgan fingerprint density at radius 3 is 2.73 bits per heavy atom. The first-order valence-electron chi connectivity index (χ1n) is 11.2. The van der Waals surface area contributed by atoms with Gasteiger partial charge in [-0.3, -0.25) is 4.40 Å². The highest BCUT2D eigenvalue weighted by Gasteiger charge is 2.20. The molecule has 2 aromatic carbocycles. The highest BCUT2D eigenvalue weighted by atomic mass is 35.5. The van der Waals surface area contributed by atoms with Gasteiger partial charge in [0, 0.05) is 34.9 Å². The summed E-state index contributed by atoms with van der Waals surface area (Å²) in [5.74, 6) is -0.0104. The summed E-state index contributed by atoms with van der Waals surface area (Å²) >= 11 is 7.32. The third kappa shape index (κ3) is 5.29. The summed E-state index contributed by atoms with van der Waals surface area (Å²) < 4.78 is 46.2. The Balaban J connectivity index is 1.36. The maximum atomic E-state index is 14.0. The number of ether oxygens (including phenoxy) is 1.